The summed E-state index contributed by atoms with van der Waals surface area (Å²) >= 11 is 2.01. The molecule has 2 heterocycles. The minimum Gasteiger partial charge on any atom is -0.218 e. The summed E-state index contributed by atoms with van der Waals surface area (Å²) in [7, 11) is 0. The van der Waals surface area contributed by atoms with Crippen LogP contribution < -0.4 is 0 Å². The molecule has 0 unspecified atom stereocenters. The lowest BCUT2D eigenvalue weighted by Crippen LogP contribution is -2.43. The first-order valence-corrected chi connectivity index (χ1v) is 6.53. The molecule has 0 amide bonds. The van der Waals surface area contributed by atoms with Gasteiger partial charge in [0.2, 0.25) is 5.04 Å². The summed E-state index contributed by atoms with van der Waals surface area (Å²) in [6.45, 7) is 5.92. The second kappa shape index (κ2) is 3.11. The normalized spacial score (nSPS) is 22.5. The van der Waals surface area contributed by atoms with Crippen LogP contribution in [0.5, 0.6) is 0 Å². The molecule has 0 spiro atoms. The Morgan fingerprint density at radius 2 is 2.07 bits per heavy atom. The van der Waals surface area contributed by atoms with Gasteiger partial charge < -0.3 is 0 Å². The van der Waals surface area contributed by atoms with Gasteiger partial charge in [0.25, 0.3) is 0 Å². The third-order valence-corrected chi connectivity index (χ3v) is 4.50. The number of rotatable bonds is 0. The molecule has 3 rings (SSSR count). The maximum Gasteiger partial charge on any atom is 0.243 e. The molecule has 15 heavy (non-hydrogen) atoms. The topological polar surface area (TPSA) is 3.01 Å². The summed E-state index contributed by atoms with van der Waals surface area (Å²) in [5.74, 6) is 1.24. The average molecular weight is 218 g/mol. The lowest BCUT2D eigenvalue weighted by molar-refractivity contribution is -0.593. The third kappa shape index (κ3) is 1.35. The minimum atomic E-state index is 0.299. The van der Waals surface area contributed by atoms with Crippen molar-refractivity contribution in [3.8, 4) is 0 Å². The number of hydrogen-bond acceptors (Lipinski definition) is 1. The zero-order valence-electron chi connectivity index (χ0n) is 9.29. The van der Waals surface area contributed by atoms with Crippen LogP contribution in [-0.2, 0) is 6.42 Å². The molecular formula is C13H16NS+. The van der Waals surface area contributed by atoms with E-state index in [1.165, 1.54) is 34.9 Å². The Kier molecular flexibility index (Phi) is 1.96. The SMILES string of the molecule is CC1(C)Cc2ccccc2C2=[N+]1CCS2. The molecule has 1 nitrogen and oxygen atoms in total. The van der Waals surface area contributed by atoms with Gasteiger partial charge in [-0.05, 0) is 11.6 Å². The summed E-state index contributed by atoms with van der Waals surface area (Å²) in [5.41, 5.74) is 3.29. The van der Waals surface area contributed by atoms with Crippen LogP contribution in [0, 0.1) is 0 Å². The van der Waals surface area contributed by atoms with Gasteiger partial charge in [-0.1, -0.05) is 30.0 Å². The number of thioether (sulfide) groups is 1. The summed E-state index contributed by atoms with van der Waals surface area (Å²) in [4.78, 5) is 0. The molecule has 2 aliphatic heterocycles. The van der Waals surface area contributed by atoms with E-state index in [1.807, 2.05) is 11.8 Å². The minimum absolute atomic E-state index is 0.299. The third-order valence-electron chi connectivity index (χ3n) is 3.40. The van der Waals surface area contributed by atoms with E-state index < -0.39 is 0 Å². The number of hydrogen-bond donors (Lipinski definition) is 0. The summed E-state index contributed by atoms with van der Waals surface area (Å²) in [6.07, 6.45) is 1.17. The van der Waals surface area contributed by atoms with Crippen LogP contribution in [0.3, 0.4) is 0 Å². The van der Waals surface area contributed by atoms with Crippen LogP contribution in [0.15, 0.2) is 24.3 Å². The van der Waals surface area contributed by atoms with Crippen molar-refractivity contribution in [3.63, 3.8) is 0 Å². The Morgan fingerprint density at radius 3 is 2.93 bits per heavy atom. The molecule has 2 heteroatoms. The Bertz CT molecular complexity index is 446. The second-order valence-electron chi connectivity index (χ2n) is 4.95. The molecule has 0 atom stereocenters. The monoisotopic (exact) mass is 218 g/mol. The van der Waals surface area contributed by atoms with Crippen molar-refractivity contribution in [3.05, 3.63) is 35.4 Å². The maximum absolute atomic E-state index is 2.58. The van der Waals surface area contributed by atoms with E-state index in [-0.39, 0.29) is 0 Å². The van der Waals surface area contributed by atoms with Gasteiger partial charge in [-0.15, -0.1) is 0 Å². The zero-order valence-corrected chi connectivity index (χ0v) is 10.1. The maximum atomic E-state index is 2.58. The van der Waals surface area contributed by atoms with Crippen LogP contribution in [0.4, 0.5) is 0 Å². The quantitative estimate of drug-likeness (QED) is 0.605. The van der Waals surface area contributed by atoms with Crippen molar-refractivity contribution in [1.82, 2.24) is 0 Å². The first kappa shape index (κ1) is 9.46. The summed E-state index contributed by atoms with van der Waals surface area (Å²) in [5, 5.41) is 1.50. The molecule has 0 saturated heterocycles. The predicted octanol–water partition coefficient (Wildman–Crippen LogP) is 2.53. The predicted molar refractivity (Wildman–Crippen MR) is 65.9 cm³/mol. The van der Waals surface area contributed by atoms with Gasteiger partial charge in [0.1, 0.15) is 0 Å². The fourth-order valence-corrected chi connectivity index (χ4v) is 3.97. The van der Waals surface area contributed by atoms with Crippen molar-refractivity contribution >= 4 is 16.8 Å². The molecule has 78 valence electrons. The van der Waals surface area contributed by atoms with Crippen molar-refractivity contribution in [2.45, 2.75) is 25.8 Å². The molecular weight excluding hydrogens is 202 g/mol. The van der Waals surface area contributed by atoms with E-state index in [1.54, 1.807) is 0 Å². The Morgan fingerprint density at radius 1 is 1.27 bits per heavy atom. The van der Waals surface area contributed by atoms with Crippen LogP contribution >= 0.6 is 11.8 Å². The van der Waals surface area contributed by atoms with Gasteiger partial charge in [-0.25, -0.2) is 4.58 Å². The highest BCUT2D eigenvalue weighted by molar-refractivity contribution is 8.14. The van der Waals surface area contributed by atoms with Gasteiger partial charge in [0.15, 0.2) is 12.1 Å². The molecule has 1 aromatic carbocycles. The lowest BCUT2D eigenvalue weighted by atomic mass is 9.88. The van der Waals surface area contributed by atoms with Gasteiger partial charge in [-0.3, -0.25) is 0 Å². The highest BCUT2D eigenvalue weighted by Crippen LogP contribution is 2.33. The second-order valence-corrected chi connectivity index (χ2v) is 6.04. The van der Waals surface area contributed by atoms with Gasteiger partial charge >= 0.3 is 0 Å². The molecule has 2 aliphatic rings. The average Bonchev–Trinajstić information content (AvgIpc) is 2.66. The van der Waals surface area contributed by atoms with Crippen molar-refractivity contribution in [1.29, 1.82) is 0 Å². The summed E-state index contributed by atoms with van der Waals surface area (Å²) in [6, 6.07) is 8.86. The number of fused-ring (bicyclic) bond motifs is 2. The van der Waals surface area contributed by atoms with Crippen LogP contribution in [-0.4, -0.2) is 27.5 Å². The van der Waals surface area contributed by atoms with Crippen molar-refractivity contribution < 1.29 is 4.58 Å². The Balaban J connectivity index is 2.23. The highest BCUT2D eigenvalue weighted by Gasteiger charge is 2.42. The first-order valence-electron chi connectivity index (χ1n) is 5.54. The molecule has 1 aromatic rings. The molecule has 0 radical (unpaired) electrons. The largest absolute Gasteiger partial charge is 0.243 e. The van der Waals surface area contributed by atoms with Gasteiger partial charge in [0.05, 0.1) is 11.3 Å². The number of nitrogens with zero attached hydrogens (tertiary/aromatic N) is 1. The van der Waals surface area contributed by atoms with E-state index in [9.17, 15) is 0 Å². The van der Waals surface area contributed by atoms with Gasteiger partial charge in [0, 0.05) is 20.3 Å². The standard InChI is InChI=1S/C13H16NS/c1-13(2)9-10-5-3-4-6-11(10)12-14(13)7-8-15-12/h3-6H,7-9H2,1-2H3/q+1. The molecule has 0 saturated carbocycles. The lowest BCUT2D eigenvalue weighted by Gasteiger charge is -2.27. The Hall–Kier alpha value is -0.760. The number of benzene rings is 1. The summed E-state index contributed by atoms with van der Waals surface area (Å²) < 4.78 is 2.58. The Labute approximate surface area is 95.2 Å². The van der Waals surface area contributed by atoms with Crippen molar-refractivity contribution in [2.75, 3.05) is 12.3 Å². The van der Waals surface area contributed by atoms with E-state index in [0.29, 0.717) is 5.54 Å². The van der Waals surface area contributed by atoms with E-state index in [0.717, 1.165) is 0 Å². The zero-order chi connectivity index (χ0) is 10.5. The van der Waals surface area contributed by atoms with Gasteiger partial charge in [-0.2, -0.15) is 0 Å². The van der Waals surface area contributed by atoms with Crippen LogP contribution in [0.2, 0.25) is 0 Å². The smallest absolute Gasteiger partial charge is 0.218 e. The molecule has 0 bridgehead atoms. The van der Waals surface area contributed by atoms with Crippen LogP contribution in [0.1, 0.15) is 25.0 Å². The molecule has 0 aromatic heterocycles. The van der Waals surface area contributed by atoms with Crippen molar-refractivity contribution in [2.24, 2.45) is 0 Å². The van der Waals surface area contributed by atoms with Crippen LogP contribution in [0.25, 0.3) is 0 Å². The fraction of sp³-hybridized carbons (Fsp3) is 0.462. The van der Waals surface area contributed by atoms with E-state index in [4.69, 9.17) is 0 Å². The fourth-order valence-electron chi connectivity index (χ4n) is 2.66. The van der Waals surface area contributed by atoms with E-state index >= 15 is 0 Å². The molecule has 0 aliphatic carbocycles. The molecule has 0 fully saturated rings. The molecule has 0 N–H and O–H groups in total. The van der Waals surface area contributed by atoms with E-state index in [2.05, 4.69) is 42.7 Å². The first-order chi connectivity index (χ1) is 7.18. The highest BCUT2D eigenvalue weighted by atomic mass is 32.2.